The summed E-state index contributed by atoms with van der Waals surface area (Å²) in [5.41, 5.74) is 2.28. The maximum Gasteiger partial charge on any atom is 0.272 e. The fraction of sp³-hybridized carbons (Fsp3) is 0.286. The number of benzene rings is 2. The van der Waals surface area contributed by atoms with E-state index < -0.39 is 26.0 Å². The van der Waals surface area contributed by atoms with Gasteiger partial charge in [0.25, 0.3) is 15.9 Å². The van der Waals surface area contributed by atoms with Gasteiger partial charge in [0, 0.05) is 31.7 Å². The van der Waals surface area contributed by atoms with E-state index in [2.05, 4.69) is 15.5 Å². The summed E-state index contributed by atoms with van der Waals surface area (Å²) < 4.78 is 54.0. The maximum absolute atomic E-state index is 13.0. The number of hydrogen-bond acceptors (Lipinski definition) is 8. The van der Waals surface area contributed by atoms with E-state index in [9.17, 15) is 21.6 Å². The molecular formula is C21H23N5O5S3. The van der Waals surface area contributed by atoms with Gasteiger partial charge < -0.3 is 0 Å². The number of nitrogens with zero attached hydrogens (tertiary/aromatic N) is 4. The first kappa shape index (κ1) is 24.4. The van der Waals surface area contributed by atoms with Gasteiger partial charge in [-0.1, -0.05) is 46.7 Å². The monoisotopic (exact) mass is 521 g/mol. The molecule has 4 rings (SSSR count). The number of amides is 1. The summed E-state index contributed by atoms with van der Waals surface area (Å²) in [6.07, 6.45) is 0. The van der Waals surface area contributed by atoms with Crippen LogP contribution in [-0.2, 0) is 20.0 Å². The first-order chi connectivity index (χ1) is 16.1. The van der Waals surface area contributed by atoms with Crippen LogP contribution in [0.4, 0.5) is 5.13 Å². The molecule has 2 heterocycles. The quantitative estimate of drug-likeness (QED) is 0.492. The van der Waals surface area contributed by atoms with Crippen LogP contribution in [0.5, 0.6) is 0 Å². The lowest BCUT2D eigenvalue weighted by Gasteiger charge is -2.32. The number of aromatic nitrogens is 2. The van der Waals surface area contributed by atoms with E-state index in [4.69, 9.17) is 0 Å². The van der Waals surface area contributed by atoms with Crippen molar-refractivity contribution in [3.63, 3.8) is 0 Å². The molecule has 1 saturated heterocycles. The Hall–Kier alpha value is -2.71. The molecule has 1 aromatic heterocycles. The van der Waals surface area contributed by atoms with Crippen LogP contribution in [-0.4, -0.2) is 67.7 Å². The first-order valence-electron chi connectivity index (χ1n) is 10.4. The Morgan fingerprint density at radius 1 is 0.853 bits per heavy atom. The molecule has 0 atom stereocenters. The number of hydrogen-bond donors (Lipinski definition) is 1. The molecule has 1 amide bonds. The Morgan fingerprint density at radius 2 is 1.47 bits per heavy atom. The molecule has 1 aliphatic heterocycles. The van der Waals surface area contributed by atoms with Gasteiger partial charge in [-0.25, -0.2) is 16.8 Å². The van der Waals surface area contributed by atoms with Crippen LogP contribution in [0.3, 0.4) is 0 Å². The van der Waals surface area contributed by atoms with Gasteiger partial charge in [0.1, 0.15) is 0 Å². The largest absolute Gasteiger partial charge is 0.296 e. The Bertz CT molecular complexity index is 1410. The second-order valence-corrected chi connectivity index (χ2v) is 12.8. The fourth-order valence-corrected chi connectivity index (χ4v) is 7.32. The minimum Gasteiger partial charge on any atom is -0.296 e. The molecule has 2 aromatic carbocycles. The van der Waals surface area contributed by atoms with Crippen molar-refractivity contribution < 1.29 is 21.6 Å². The average molecular weight is 522 g/mol. The van der Waals surface area contributed by atoms with Crippen molar-refractivity contribution in [1.29, 1.82) is 0 Å². The third kappa shape index (κ3) is 5.03. The first-order valence-corrected chi connectivity index (χ1v) is 14.1. The number of aryl methyl sites for hydroxylation is 2. The number of sulfonamides is 2. The maximum atomic E-state index is 13.0. The number of nitrogens with one attached hydrogen (secondary N) is 1. The molecule has 1 N–H and O–H groups in total. The zero-order chi connectivity index (χ0) is 24.5. The zero-order valence-corrected chi connectivity index (χ0v) is 21.0. The lowest BCUT2D eigenvalue weighted by Crippen LogP contribution is -2.50. The minimum atomic E-state index is -3.98. The van der Waals surface area contributed by atoms with Crippen LogP contribution in [0.15, 0.2) is 57.8 Å². The van der Waals surface area contributed by atoms with Crippen molar-refractivity contribution in [2.24, 2.45) is 0 Å². The van der Waals surface area contributed by atoms with E-state index in [0.29, 0.717) is 5.56 Å². The second kappa shape index (κ2) is 9.50. The number of carbonyl (C=O) groups excluding carboxylic acids is 1. The molecular weight excluding hydrogens is 498 g/mol. The highest BCUT2D eigenvalue weighted by molar-refractivity contribution is 7.91. The molecule has 10 nitrogen and oxygen atoms in total. The highest BCUT2D eigenvalue weighted by atomic mass is 32.2. The van der Waals surface area contributed by atoms with E-state index in [0.717, 1.165) is 22.5 Å². The van der Waals surface area contributed by atoms with Crippen LogP contribution in [0.2, 0.25) is 0 Å². The summed E-state index contributed by atoms with van der Waals surface area (Å²) in [6, 6.07) is 13.5. The SMILES string of the molecule is Cc1ccc(S(=O)(=O)N2CCN(S(=O)(=O)c3nnc(NC(=O)c4cccc(C)c4)s3)CC2)cc1. The van der Waals surface area contributed by atoms with Gasteiger partial charge in [-0.3, -0.25) is 10.1 Å². The van der Waals surface area contributed by atoms with Gasteiger partial charge in [-0.2, -0.15) is 8.61 Å². The van der Waals surface area contributed by atoms with Gasteiger partial charge >= 0.3 is 0 Å². The van der Waals surface area contributed by atoms with E-state index >= 15 is 0 Å². The summed E-state index contributed by atoms with van der Waals surface area (Å²) in [5, 5.41) is 10.2. The third-order valence-corrected chi connectivity index (χ3v) is 10.3. The number of carbonyl (C=O) groups is 1. The van der Waals surface area contributed by atoms with Crippen LogP contribution in [0.1, 0.15) is 21.5 Å². The Balaban J connectivity index is 1.42. The highest BCUT2D eigenvalue weighted by Gasteiger charge is 2.35. The van der Waals surface area contributed by atoms with Gasteiger partial charge in [-0.05, 0) is 38.1 Å². The number of rotatable bonds is 6. The van der Waals surface area contributed by atoms with Gasteiger partial charge in [-0.15, -0.1) is 10.2 Å². The van der Waals surface area contributed by atoms with Gasteiger partial charge in [0.05, 0.1) is 4.90 Å². The van der Waals surface area contributed by atoms with Crippen LogP contribution < -0.4 is 5.32 Å². The fourth-order valence-electron chi connectivity index (χ4n) is 3.44. The molecule has 0 radical (unpaired) electrons. The van der Waals surface area contributed by atoms with Gasteiger partial charge in [0.2, 0.25) is 19.5 Å². The van der Waals surface area contributed by atoms with Crippen molar-refractivity contribution in [1.82, 2.24) is 18.8 Å². The minimum absolute atomic E-state index is 0.0159. The van der Waals surface area contributed by atoms with Crippen molar-refractivity contribution in [3.8, 4) is 0 Å². The van der Waals surface area contributed by atoms with Crippen molar-refractivity contribution in [2.45, 2.75) is 23.1 Å². The van der Waals surface area contributed by atoms with Crippen molar-refractivity contribution in [3.05, 3.63) is 65.2 Å². The standard InChI is InChI=1S/C21H23N5O5S3/c1-15-6-8-18(9-7-15)33(28,29)25-10-12-26(13-11-25)34(30,31)21-24-23-20(32-21)22-19(27)17-5-3-4-16(2)14-17/h3-9,14H,10-13H2,1-2H3,(H,22,23,27). The summed E-state index contributed by atoms with van der Waals surface area (Å²) in [7, 11) is -7.69. The van der Waals surface area contributed by atoms with Crippen LogP contribution >= 0.6 is 11.3 Å². The lowest BCUT2D eigenvalue weighted by atomic mass is 10.1. The van der Waals surface area contributed by atoms with Crippen LogP contribution in [0.25, 0.3) is 0 Å². The number of anilines is 1. The lowest BCUT2D eigenvalue weighted by molar-refractivity contribution is 0.102. The molecule has 0 spiro atoms. The summed E-state index contributed by atoms with van der Waals surface area (Å²) in [4.78, 5) is 12.6. The molecule has 0 unspecified atom stereocenters. The number of piperazine rings is 1. The average Bonchev–Trinajstić information content (AvgIpc) is 3.29. The molecule has 1 aliphatic rings. The Morgan fingerprint density at radius 3 is 2.09 bits per heavy atom. The molecule has 3 aromatic rings. The molecule has 0 aliphatic carbocycles. The second-order valence-electron chi connectivity index (χ2n) is 7.82. The molecule has 34 heavy (non-hydrogen) atoms. The topological polar surface area (TPSA) is 130 Å². The Labute approximate surface area is 202 Å². The van der Waals surface area contributed by atoms with Gasteiger partial charge in [0.15, 0.2) is 0 Å². The molecule has 1 fully saturated rings. The summed E-state index contributed by atoms with van der Waals surface area (Å²) >= 11 is 0.750. The molecule has 180 valence electrons. The molecule has 0 saturated carbocycles. The van der Waals surface area contributed by atoms with E-state index in [-0.39, 0.29) is 40.5 Å². The predicted octanol–water partition coefficient (Wildman–Crippen LogP) is 2.10. The summed E-state index contributed by atoms with van der Waals surface area (Å²) in [5.74, 6) is -0.418. The predicted molar refractivity (Wildman–Crippen MR) is 128 cm³/mol. The van der Waals surface area contributed by atoms with Crippen LogP contribution in [0, 0.1) is 13.8 Å². The highest BCUT2D eigenvalue weighted by Crippen LogP contribution is 2.26. The third-order valence-electron chi connectivity index (χ3n) is 5.32. The molecule has 0 bridgehead atoms. The van der Waals surface area contributed by atoms with Crippen molar-refractivity contribution >= 4 is 42.4 Å². The zero-order valence-electron chi connectivity index (χ0n) is 18.5. The molecule has 13 heteroatoms. The summed E-state index contributed by atoms with van der Waals surface area (Å²) in [6.45, 7) is 3.73. The van der Waals surface area contributed by atoms with Crippen molar-refractivity contribution in [2.75, 3.05) is 31.5 Å². The normalized spacial score (nSPS) is 15.8. The van der Waals surface area contributed by atoms with E-state index in [1.54, 1.807) is 42.5 Å². The van der Waals surface area contributed by atoms with E-state index in [1.165, 1.54) is 8.61 Å². The van der Waals surface area contributed by atoms with E-state index in [1.807, 2.05) is 19.9 Å². The smallest absolute Gasteiger partial charge is 0.272 e. The Kier molecular flexibility index (Phi) is 6.82.